The Morgan fingerprint density at radius 3 is 2.90 bits per heavy atom. The number of rotatable bonds is 6. The normalized spacial score (nSPS) is 18.3. The molecule has 0 saturated carbocycles. The number of nitrogens with zero attached hydrogens (tertiary/aromatic N) is 1. The molecule has 0 bridgehead atoms. The Morgan fingerprint density at radius 2 is 2.07 bits per heavy atom. The summed E-state index contributed by atoms with van der Waals surface area (Å²) in [6.45, 7) is 1.61. The van der Waals surface area contributed by atoms with Crippen LogP contribution >= 0.6 is 11.6 Å². The van der Waals surface area contributed by atoms with Crippen LogP contribution in [0, 0.1) is 5.92 Å². The highest BCUT2D eigenvalue weighted by Gasteiger charge is 2.35. The Labute approximate surface area is 174 Å². The van der Waals surface area contributed by atoms with Gasteiger partial charge in [0.25, 0.3) is 0 Å². The number of likely N-dealkylation sites (tertiary alicyclic amines) is 1. The van der Waals surface area contributed by atoms with Gasteiger partial charge in [0.15, 0.2) is 6.79 Å². The molecule has 1 atom stereocenters. The van der Waals surface area contributed by atoms with Gasteiger partial charge < -0.3 is 19.1 Å². The van der Waals surface area contributed by atoms with Gasteiger partial charge in [-0.15, -0.1) is 0 Å². The zero-order valence-electron chi connectivity index (χ0n) is 15.9. The maximum absolute atomic E-state index is 12.5. The number of carbonyl (C=O) groups excluding carboxylic acids is 2. The van der Waals surface area contributed by atoms with E-state index in [1.54, 1.807) is 17.0 Å². The summed E-state index contributed by atoms with van der Waals surface area (Å²) >= 11 is 6.14. The van der Waals surface area contributed by atoms with E-state index in [1.807, 2.05) is 30.3 Å². The van der Waals surface area contributed by atoms with Gasteiger partial charge >= 0.3 is 5.97 Å². The lowest BCUT2D eigenvalue weighted by molar-refractivity contribution is -0.149. The molecule has 7 heteroatoms. The van der Waals surface area contributed by atoms with Crippen LogP contribution in [0.5, 0.6) is 5.75 Å². The van der Waals surface area contributed by atoms with Crippen LogP contribution in [0.2, 0.25) is 5.02 Å². The molecule has 152 valence electrons. The minimum atomic E-state index is -0.447. The van der Waals surface area contributed by atoms with Gasteiger partial charge in [0.2, 0.25) is 5.91 Å². The predicted molar refractivity (Wildman–Crippen MR) is 106 cm³/mol. The van der Waals surface area contributed by atoms with Crippen LogP contribution in [-0.2, 0) is 38.7 Å². The number of benzene rings is 2. The van der Waals surface area contributed by atoms with E-state index in [2.05, 4.69) is 0 Å². The molecule has 0 aromatic heterocycles. The Kier molecular flexibility index (Phi) is 6.02. The van der Waals surface area contributed by atoms with Gasteiger partial charge in [-0.3, -0.25) is 9.59 Å². The molecule has 0 radical (unpaired) electrons. The molecular weight excluding hydrogens is 394 g/mol. The van der Waals surface area contributed by atoms with Gasteiger partial charge in [-0.2, -0.15) is 0 Å². The van der Waals surface area contributed by atoms with Crippen molar-refractivity contribution in [3.05, 3.63) is 64.2 Å². The smallest absolute Gasteiger partial charge is 0.311 e. The molecule has 1 amide bonds. The molecule has 0 spiro atoms. The summed E-state index contributed by atoms with van der Waals surface area (Å²) in [5, 5.41) is 0.534. The quantitative estimate of drug-likeness (QED) is 0.677. The Balaban J connectivity index is 1.33. The van der Waals surface area contributed by atoms with Crippen molar-refractivity contribution in [1.29, 1.82) is 0 Å². The lowest BCUT2D eigenvalue weighted by atomic mass is 10.1. The average molecular weight is 416 g/mol. The van der Waals surface area contributed by atoms with Crippen LogP contribution in [-0.4, -0.2) is 36.7 Å². The van der Waals surface area contributed by atoms with Gasteiger partial charge in [-0.1, -0.05) is 41.9 Å². The first kappa shape index (κ1) is 19.7. The van der Waals surface area contributed by atoms with Crippen LogP contribution < -0.4 is 4.74 Å². The molecule has 2 aliphatic rings. The molecular formula is C22H22ClNO5. The highest BCUT2D eigenvalue weighted by atomic mass is 35.5. The zero-order chi connectivity index (χ0) is 20.2. The van der Waals surface area contributed by atoms with E-state index < -0.39 is 5.92 Å². The summed E-state index contributed by atoms with van der Waals surface area (Å²) in [6, 6.07) is 13.5. The third-order valence-corrected chi connectivity index (χ3v) is 5.40. The van der Waals surface area contributed by atoms with E-state index in [0.717, 1.165) is 12.0 Å². The SMILES string of the molecule is O=C(OCc1cc(Cl)cc2c1OCOC2)[C@@H]1CC(=O)N(CCc2ccccc2)C1. The number of carbonyl (C=O) groups is 2. The fraction of sp³-hybridized carbons (Fsp3) is 0.364. The second-order valence-electron chi connectivity index (χ2n) is 7.25. The largest absolute Gasteiger partial charge is 0.467 e. The molecule has 29 heavy (non-hydrogen) atoms. The number of hydrogen-bond acceptors (Lipinski definition) is 5. The van der Waals surface area contributed by atoms with Crippen LogP contribution in [0.15, 0.2) is 42.5 Å². The van der Waals surface area contributed by atoms with Crippen LogP contribution in [0.1, 0.15) is 23.1 Å². The van der Waals surface area contributed by atoms with Crippen molar-refractivity contribution >= 4 is 23.5 Å². The monoisotopic (exact) mass is 415 g/mol. The van der Waals surface area contributed by atoms with E-state index in [0.29, 0.717) is 36.0 Å². The molecule has 0 unspecified atom stereocenters. The maximum Gasteiger partial charge on any atom is 0.311 e. The van der Waals surface area contributed by atoms with Crippen molar-refractivity contribution in [2.45, 2.75) is 26.1 Å². The van der Waals surface area contributed by atoms with E-state index in [9.17, 15) is 9.59 Å². The fourth-order valence-corrected chi connectivity index (χ4v) is 3.95. The molecule has 6 nitrogen and oxygen atoms in total. The minimum absolute atomic E-state index is 0.0106. The second-order valence-corrected chi connectivity index (χ2v) is 7.68. The lowest BCUT2D eigenvalue weighted by Gasteiger charge is -2.21. The molecule has 1 saturated heterocycles. The van der Waals surface area contributed by atoms with Crippen molar-refractivity contribution < 1.29 is 23.8 Å². The lowest BCUT2D eigenvalue weighted by Crippen LogP contribution is -2.28. The van der Waals surface area contributed by atoms with Gasteiger partial charge in [-0.05, 0) is 24.1 Å². The summed E-state index contributed by atoms with van der Waals surface area (Å²) in [4.78, 5) is 26.6. The van der Waals surface area contributed by atoms with Crippen molar-refractivity contribution in [2.75, 3.05) is 19.9 Å². The molecule has 4 rings (SSSR count). The third kappa shape index (κ3) is 4.71. The first-order chi connectivity index (χ1) is 14.1. The number of hydrogen-bond donors (Lipinski definition) is 0. The van der Waals surface area contributed by atoms with Crippen molar-refractivity contribution in [2.24, 2.45) is 5.92 Å². The number of ether oxygens (including phenoxy) is 3. The molecule has 0 aliphatic carbocycles. The topological polar surface area (TPSA) is 65.1 Å². The highest BCUT2D eigenvalue weighted by molar-refractivity contribution is 6.30. The van der Waals surface area contributed by atoms with Gasteiger partial charge in [0, 0.05) is 35.7 Å². The number of amides is 1. The summed E-state index contributed by atoms with van der Waals surface area (Å²) in [5.41, 5.74) is 2.70. The Hall–Kier alpha value is -2.57. The molecule has 2 aromatic carbocycles. The second kappa shape index (κ2) is 8.84. The minimum Gasteiger partial charge on any atom is -0.467 e. The first-order valence-electron chi connectivity index (χ1n) is 9.60. The van der Waals surface area contributed by atoms with Gasteiger partial charge in [-0.25, -0.2) is 0 Å². The molecule has 1 fully saturated rings. The number of fused-ring (bicyclic) bond motifs is 1. The standard InChI is InChI=1S/C22H22ClNO5/c23-19-8-17-12-27-14-29-21(17)18(9-19)13-28-22(26)16-10-20(25)24(11-16)7-6-15-4-2-1-3-5-15/h1-5,8-9,16H,6-7,10-14H2/t16-/m1/s1. The van der Waals surface area contributed by atoms with Crippen molar-refractivity contribution in [3.8, 4) is 5.75 Å². The first-order valence-corrected chi connectivity index (χ1v) is 9.98. The maximum atomic E-state index is 12.5. The Morgan fingerprint density at radius 1 is 1.24 bits per heavy atom. The van der Waals surface area contributed by atoms with Crippen LogP contribution in [0.4, 0.5) is 0 Å². The van der Waals surface area contributed by atoms with Crippen LogP contribution in [0.25, 0.3) is 0 Å². The summed E-state index contributed by atoms with van der Waals surface area (Å²) < 4.78 is 16.3. The molecule has 2 heterocycles. The van der Waals surface area contributed by atoms with E-state index >= 15 is 0 Å². The van der Waals surface area contributed by atoms with Crippen molar-refractivity contribution in [3.63, 3.8) is 0 Å². The van der Waals surface area contributed by atoms with E-state index in [-0.39, 0.29) is 31.7 Å². The highest BCUT2D eigenvalue weighted by Crippen LogP contribution is 2.32. The molecule has 2 aliphatic heterocycles. The number of esters is 1. The molecule has 2 aromatic rings. The summed E-state index contributed by atoms with van der Waals surface area (Å²) in [7, 11) is 0. The van der Waals surface area contributed by atoms with Crippen LogP contribution in [0.3, 0.4) is 0 Å². The fourth-order valence-electron chi connectivity index (χ4n) is 3.69. The van der Waals surface area contributed by atoms with E-state index in [4.69, 9.17) is 25.8 Å². The summed E-state index contributed by atoms with van der Waals surface area (Å²) in [6.07, 6.45) is 0.952. The molecule has 0 N–H and O–H groups in total. The van der Waals surface area contributed by atoms with Crippen molar-refractivity contribution in [1.82, 2.24) is 4.90 Å². The van der Waals surface area contributed by atoms with E-state index in [1.165, 1.54) is 5.56 Å². The number of halogens is 1. The van der Waals surface area contributed by atoms with Gasteiger partial charge in [0.1, 0.15) is 12.4 Å². The zero-order valence-corrected chi connectivity index (χ0v) is 16.7. The van der Waals surface area contributed by atoms with Gasteiger partial charge in [0.05, 0.1) is 12.5 Å². The summed E-state index contributed by atoms with van der Waals surface area (Å²) in [5.74, 6) is -0.178. The predicted octanol–water partition coefficient (Wildman–Crippen LogP) is 3.34. The average Bonchev–Trinajstić information content (AvgIpc) is 3.11. The Bertz CT molecular complexity index is 902. The third-order valence-electron chi connectivity index (χ3n) is 5.18.